The predicted molar refractivity (Wildman–Crippen MR) is 241 cm³/mol. The molecule has 0 spiro atoms. The molecule has 0 amide bonds. The lowest BCUT2D eigenvalue weighted by molar-refractivity contribution is -0.177. The van der Waals surface area contributed by atoms with Crippen molar-refractivity contribution < 1.29 is 31.1 Å². The first-order chi connectivity index (χ1) is 30.4. The van der Waals surface area contributed by atoms with E-state index in [1.54, 1.807) is 36.7 Å². The minimum atomic E-state index is -4.64. The number of hydrogen-bond donors (Lipinski definition) is 0. The Morgan fingerprint density at radius 1 is 0.508 bits per heavy atom. The molecule has 2 aliphatic carbocycles. The fourth-order valence-corrected chi connectivity index (χ4v) is 8.77. The summed E-state index contributed by atoms with van der Waals surface area (Å²) >= 11 is 0. The van der Waals surface area contributed by atoms with E-state index in [-0.39, 0.29) is 11.4 Å². The van der Waals surface area contributed by atoms with Crippen LogP contribution in [0.15, 0.2) is 145 Å². The maximum Gasteiger partial charge on any atom is 0.403 e. The number of ether oxygens (including phenoxy) is 1. The summed E-state index contributed by atoms with van der Waals surface area (Å²) in [6, 6.07) is 24.9. The Kier molecular flexibility index (Phi) is 16.8. The molecule has 0 radical (unpaired) electrons. The zero-order chi connectivity index (χ0) is 44.8. The van der Waals surface area contributed by atoms with Crippen molar-refractivity contribution >= 4 is 0 Å². The van der Waals surface area contributed by atoms with E-state index in [4.69, 9.17) is 4.74 Å². The molecule has 4 unspecified atom stereocenters. The van der Waals surface area contributed by atoms with Gasteiger partial charge in [-0.1, -0.05) is 187 Å². The van der Waals surface area contributed by atoms with Crippen molar-refractivity contribution in [2.75, 3.05) is 0 Å². The number of rotatable bonds is 22. The van der Waals surface area contributed by atoms with Gasteiger partial charge >= 0.3 is 12.4 Å². The first kappa shape index (κ1) is 47.7. The summed E-state index contributed by atoms with van der Waals surface area (Å²) in [5.41, 5.74) is -0.578. The number of halogens is 6. The lowest BCUT2D eigenvalue weighted by Crippen LogP contribution is -2.42. The first-order valence-corrected chi connectivity index (χ1v) is 23.0. The first-order valence-electron chi connectivity index (χ1n) is 23.0. The van der Waals surface area contributed by atoms with Gasteiger partial charge in [0.2, 0.25) is 0 Å². The van der Waals surface area contributed by atoms with Crippen molar-refractivity contribution in [2.45, 2.75) is 152 Å². The molecule has 6 rings (SSSR count). The summed E-state index contributed by atoms with van der Waals surface area (Å²) in [7, 11) is 0. The molecule has 2 aromatic heterocycles. The number of allylic oxidation sites excluding steroid dienone is 4. The van der Waals surface area contributed by atoms with E-state index in [0.717, 1.165) is 62.5 Å². The molecule has 336 valence electrons. The highest BCUT2D eigenvalue weighted by atomic mass is 19.4. The van der Waals surface area contributed by atoms with Gasteiger partial charge in [0.25, 0.3) is 0 Å². The van der Waals surface area contributed by atoms with Gasteiger partial charge in [-0.15, -0.1) is 0 Å². The molecule has 4 aromatic rings. The molecule has 0 aliphatic heterocycles. The van der Waals surface area contributed by atoms with Crippen molar-refractivity contribution in [1.29, 1.82) is 0 Å². The van der Waals surface area contributed by atoms with E-state index >= 15 is 26.3 Å². The van der Waals surface area contributed by atoms with Crippen LogP contribution in [0.25, 0.3) is 0 Å². The molecule has 0 bridgehead atoms. The second-order valence-electron chi connectivity index (χ2n) is 17.3. The molecule has 0 N–H and O–H groups in total. The molecule has 2 heterocycles. The van der Waals surface area contributed by atoms with Crippen LogP contribution in [-0.2, 0) is 28.4 Å². The van der Waals surface area contributed by atoms with Gasteiger partial charge in [-0.3, -0.25) is 9.97 Å². The number of nitrogens with zero attached hydrogens (tertiary/aromatic N) is 2. The Balaban J connectivity index is 1.25. The highest BCUT2D eigenvalue weighted by molar-refractivity contribution is 5.45. The second kappa shape index (κ2) is 22.2. The van der Waals surface area contributed by atoms with Crippen LogP contribution in [0, 0.1) is 0 Å². The fraction of sp³-hybridized carbons (Fsp3) is 0.444. The van der Waals surface area contributed by atoms with E-state index in [9.17, 15) is 0 Å². The average molecular weight is 869 g/mol. The predicted octanol–water partition coefficient (Wildman–Crippen LogP) is 15.9. The van der Waals surface area contributed by atoms with Gasteiger partial charge in [-0.05, 0) is 84.1 Å². The number of benzene rings is 2. The van der Waals surface area contributed by atoms with E-state index in [1.807, 2.05) is 60.7 Å². The molecule has 0 fully saturated rings. The van der Waals surface area contributed by atoms with Gasteiger partial charge in [-0.2, -0.15) is 26.3 Å². The van der Waals surface area contributed by atoms with E-state index in [1.165, 1.54) is 75.0 Å². The normalized spacial score (nSPS) is 20.0. The number of unbranched alkanes of at least 4 members (excludes halogenated alkanes) is 10. The zero-order valence-corrected chi connectivity index (χ0v) is 36.7. The maximum absolute atomic E-state index is 15.2. The Morgan fingerprint density at radius 3 is 1.21 bits per heavy atom. The van der Waals surface area contributed by atoms with Gasteiger partial charge in [0.1, 0.15) is 23.0 Å². The fourth-order valence-electron chi connectivity index (χ4n) is 8.77. The molecule has 0 saturated heterocycles. The highest BCUT2D eigenvalue weighted by Crippen LogP contribution is 2.51. The lowest BCUT2D eigenvalue weighted by Gasteiger charge is -2.37. The van der Waals surface area contributed by atoms with Crippen molar-refractivity contribution in [3.05, 3.63) is 179 Å². The Hall–Kier alpha value is -4.76. The van der Waals surface area contributed by atoms with Crippen LogP contribution in [0.2, 0.25) is 0 Å². The van der Waals surface area contributed by atoms with Crippen LogP contribution >= 0.6 is 0 Å². The quantitative estimate of drug-likeness (QED) is 0.0583. The summed E-state index contributed by atoms with van der Waals surface area (Å²) in [4.78, 5) is 8.79. The highest BCUT2D eigenvalue weighted by Gasteiger charge is 2.56. The van der Waals surface area contributed by atoms with Crippen molar-refractivity contribution in [3.8, 4) is 0 Å². The Bertz CT molecular complexity index is 1970. The third kappa shape index (κ3) is 11.9. The van der Waals surface area contributed by atoms with Gasteiger partial charge in [0.05, 0.1) is 11.4 Å². The van der Waals surface area contributed by atoms with Gasteiger partial charge in [0.15, 0.2) is 0 Å². The zero-order valence-electron chi connectivity index (χ0n) is 36.7. The minimum Gasteiger partial charge on any atom is -0.356 e. The largest absolute Gasteiger partial charge is 0.403 e. The monoisotopic (exact) mass is 868 g/mol. The Labute approximate surface area is 370 Å². The summed E-state index contributed by atoms with van der Waals surface area (Å²) in [5, 5.41) is 0. The van der Waals surface area contributed by atoms with E-state index in [0.29, 0.717) is 22.3 Å². The van der Waals surface area contributed by atoms with Crippen LogP contribution < -0.4 is 0 Å². The van der Waals surface area contributed by atoms with Crippen LogP contribution in [0.1, 0.15) is 150 Å². The van der Waals surface area contributed by atoms with Crippen molar-refractivity contribution in [2.24, 2.45) is 0 Å². The Morgan fingerprint density at radius 2 is 0.889 bits per heavy atom. The summed E-state index contributed by atoms with van der Waals surface area (Å²) < 4.78 is 98.1. The topological polar surface area (TPSA) is 35.0 Å². The molecule has 4 atom stereocenters. The minimum absolute atomic E-state index is 0.0693. The van der Waals surface area contributed by atoms with Crippen LogP contribution in [0.3, 0.4) is 0 Å². The standard InChI is InChI=1S/C54H62F6N2O/c1-3-5-7-9-11-15-21-41-27-29-47(61-39-41)51(53(55,56)57)35-31-45(32-36-51)49(43-23-17-13-18-24-43)63-50(44-25-19-14-20-26-44)46-33-37-52(38-34-46,54(58,59)60)48-30-28-42(40-62-48)22-16-12-10-8-6-4-2/h13-14,17-20,23-35,37,39-40,49-50H,3-12,15-16,21-22,36,38H2,1-2H3. The number of pyridine rings is 2. The molecule has 9 heteroatoms. The number of aryl methyl sites for hydroxylation is 2. The molecule has 63 heavy (non-hydrogen) atoms. The number of hydrogen-bond acceptors (Lipinski definition) is 3. The number of alkyl halides is 6. The summed E-state index contributed by atoms with van der Waals surface area (Å²) in [6.07, 6.45) is 14.9. The van der Waals surface area contributed by atoms with Crippen LogP contribution in [-0.4, -0.2) is 22.3 Å². The molecule has 3 nitrogen and oxygen atoms in total. The molecular formula is C54H62F6N2O. The molecular weight excluding hydrogens is 807 g/mol. The molecule has 2 aromatic carbocycles. The third-order valence-electron chi connectivity index (χ3n) is 12.7. The van der Waals surface area contributed by atoms with Gasteiger partial charge in [-0.25, -0.2) is 0 Å². The van der Waals surface area contributed by atoms with E-state index < -0.39 is 48.2 Å². The lowest BCUT2D eigenvalue weighted by atomic mass is 9.74. The van der Waals surface area contributed by atoms with Gasteiger partial charge < -0.3 is 4.74 Å². The van der Waals surface area contributed by atoms with Crippen LogP contribution in [0.4, 0.5) is 26.3 Å². The third-order valence-corrected chi connectivity index (χ3v) is 12.7. The van der Waals surface area contributed by atoms with Crippen molar-refractivity contribution in [1.82, 2.24) is 9.97 Å². The summed E-state index contributed by atoms with van der Waals surface area (Å²) in [5.74, 6) is 0. The van der Waals surface area contributed by atoms with Gasteiger partial charge in [0, 0.05) is 12.4 Å². The SMILES string of the molecule is CCCCCCCCc1ccc(C2(C(F)(F)F)C=CC(C(OC(C3=CCC(c4ccc(CCCCCCCC)cn4)(C(F)(F)F)C=C3)c3ccccc3)c3ccccc3)=CC2)nc1. The molecule has 2 aliphatic rings. The van der Waals surface area contributed by atoms with Crippen LogP contribution in [0.5, 0.6) is 0 Å². The smallest absolute Gasteiger partial charge is 0.356 e. The molecule has 0 saturated carbocycles. The van der Waals surface area contributed by atoms with E-state index in [2.05, 4.69) is 23.8 Å². The maximum atomic E-state index is 15.2. The van der Waals surface area contributed by atoms with Crippen molar-refractivity contribution in [3.63, 3.8) is 0 Å². The summed E-state index contributed by atoms with van der Waals surface area (Å²) in [6.45, 7) is 4.35. The second-order valence-corrected chi connectivity index (χ2v) is 17.3. The average Bonchev–Trinajstić information content (AvgIpc) is 3.29. The number of aromatic nitrogens is 2.